The van der Waals surface area contributed by atoms with E-state index in [1.807, 2.05) is 0 Å². The van der Waals surface area contributed by atoms with Gasteiger partial charge in [-0.05, 0) is 68.1 Å². The van der Waals surface area contributed by atoms with Crippen molar-refractivity contribution < 1.29 is 19.1 Å². The van der Waals surface area contributed by atoms with E-state index in [4.69, 9.17) is 21.1 Å². The van der Waals surface area contributed by atoms with E-state index in [2.05, 4.69) is 20.9 Å². The number of aliphatic imine (C=N–C) groups is 1. The Labute approximate surface area is 203 Å². The van der Waals surface area contributed by atoms with Gasteiger partial charge in [0.2, 0.25) is 0 Å². The SMILES string of the molecule is CCOC(=O)c1c(/N=C\c2cc(Br)ccc2OC(=O)c2cccc(Cl)c2)sc2c1CCC2. The third-order valence-corrected chi connectivity index (χ3v) is 6.87. The molecule has 3 aromatic rings. The van der Waals surface area contributed by atoms with Crippen LogP contribution in [0.4, 0.5) is 5.00 Å². The van der Waals surface area contributed by atoms with Gasteiger partial charge in [-0.1, -0.05) is 33.6 Å². The van der Waals surface area contributed by atoms with Crippen molar-refractivity contribution in [3.63, 3.8) is 0 Å². The second kappa shape index (κ2) is 9.98. The van der Waals surface area contributed by atoms with Gasteiger partial charge >= 0.3 is 11.9 Å². The summed E-state index contributed by atoms with van der Waals surface area (Å²) in [5.74, 6) is -0.517. The molecule has 0 amide bonds. The zero-order chi connectivity index (χ0) is 22.7. The van der Waals surface area contributed by atoms with E-state index in [1.165, 1.54) is 16.2 Å². The van der Waals surface area contributed by atoms with Crippen LogP contribution in [0.5, 0.6) is 5.75 Å². The van der Waals surface area contributed by atoms with E-state index >= 15 is 0 Å². The molecule has 0 saturated heterocycles. The van der Waals surface area contributed by atoms with Crippen molar-refractivity contribution in [3.05, 3.63) is 79.1 Å². The average molecular weight is 533 g/mol. The quantitative estimate of drug-likeness (QED) is 0.199. The van der Waals surface area contributed by atoms with Crippen molar-refractivity contribution in [1.29, 1.82) is 0 Å². The molecule has 0 spiro atoms. The number of hydrogen-bond donors (Lipinski definition) is 0. The van der Waals surface area contributed by atoms with E-state index < -0.39 is 5.97 Å². The monoisotopic (exact) mass is 531 g/mol. The Balaban J connectivity index is 1.65. The molecule has 8 heteroatoms. The van der Waals surface area contributed by atoms with E-state index in [9.17, 15) is 9.59 Å². The van der Waals surface area contributed by atoms with Gasteiger partial charge < -0.3 is 9.47 Å². The van der Waals surface area contributed by atoms with Crippen LogP contribution in [0.2, 0.25) is 5.02 Å². The highest BCUT2D eigenvalue weighted by atomic mass is 79.9. The van der Waals surface area contributed by atoms with Crippen LogP contribution in [0.1, 0.15) is 50.1 Å². The summed E-state index contributed by atoms with van der Waals surface area (Å²) in [6.45, 7) is 2.09. The van der Waals surface area contributed by atoms with Crippen molar-refractivity contribution in [3.8, 4) is 5.75 Å². The molecule has 0 radical (unpaired) electrons. The molecular weight excluding hydrogens is 514 g/mol. The van der Waals surface area contributed by atoms with Gasteiger partial charge in [-0.2, -0.15) is 0 Å². The summed E-state index contributed by atoms with van der Waals surface area (Å²) in [4.78, 5) is 30.9. The standard InChI is InChI=1S/C24H19BrClNO4S/c1-2-30-24(29)21-18-7-4-8-20(18)32-22(21)27-13-15-11-16(25)9-10-19(15)31-23(28)14-5-3-6-17(26)12-14/h3,5-6,9-13H,2,4,7-8H2,1H3/b27-13-. The lowest BCUT2D eigenvalue weighted by atomic mass is 10.1. The first-order valence-corrected chi connectivity index (χ1v) is 12.1. The minimum Gasteiger partial charge on any atom is -0.462 e. The third-order valence-electron chi connectivity index (χ3n) is 4.94. The van der Waals surface area contributed by atoms with Crippen LogP contribution in [-0.2, 0) is 17.6 Å². The topological polar surface area (TPSA) is 65.0 Å². The largest absolute Gasteiger partial charge is 0.462 e. The summed E-state index contributed by atoms with van der Waals surface area (Å²) in [6, 6.07) is 11.8. The molecule has 0 bridgehead atoms. The number of carbonyl (C=O) groups excluding carboxylic acids is 2. The Morgan fingerprint density at radius 3 is 2.81 bits per heavy atom. The van der Waals surface area contributed by atoms with E-state index in [0.717, 1.165) is 29.3 Å². The van der Waals surface area contributed by atoms with Crippen LogP contribution in [-0.4, -0.2) is 24.8 Å². The second-order valence-electron chi connectivity index (χ2n) is 7.10. The number of carbonyl (C=O) groups is 2. The molecule has 1 aliphatic carbocycles. The van der Waals surface area contributed by atoms with Gasteiger partial charge in [0.25, 0.3) is 0 Å². The van der Waals surface area contributed by atoms with Gasteiger partial charge in [0.1, 0.15) is 10.8 Å². The number of aryl methyl sites for hydroxylation is 1. The number of thiophene rings is 1. The molecule has 2 aromatic carbocycles. The first-order valence-electron chi connectivity index (χ1n) is 10.1. The van der Waals surface area contributed by atoms with Crippen LogP contribution < -0.4 is 4.74 Å². The number of hydrogen-bond acceptors (Lipinski definition) is 6. The van der Waals surface area contributed by atoms with Crippen LogP contribution in [0.3, 0.4) is 0 Å². The molecule has 0 N–H and O–H groups in total. The number of nitrogens with zero attached hydrogens (tertiary/aromatic N) is 1. The van der Waals surface area contributed by atoms with Crippen LogP contribution in [0.15, 0.2) is 51.9 Å². The van der Waals surface area contributed by atoms with Gasteiger partial charge in [-0.3, -0.25) is 0 Å². The van der Waals surface area contributed by atoms with E-state index in [0.29, 0.717) is 39.1 Å². The van der Waals surface area contributed by atoms with Crippen molar-refractivity contribution in [2.45, 2.75) is 26.2 Å². The maximum Gasteiger partial charge on any atom is 0.343 e. The van der Waals surface area contributed by atoms with Crippen molar-refractivity contribution >= 4 is 62.0 Å². The lowest BCUT2D eigenvalue weighted by Crippen LogP contribution is -2.09. The minimum atomic E-state index is -0.521. The fraction of sp³-hybridized carbons (Fsp3) is 0.208. The van der Waals surface area contributed by atoms with Crippen molar-refractivity contribution in [2.75, 3.05) is 6.61 Å². The Morgan fingerprint density at radius 1 is 1.19 bits per heavy atom. The molecule has 0 fully saturated rings. The summed E-state index contributed by atoms with van der Waals surface area (Å²) in [7, 11) is 0. The molecule has 1 heterocycles. The fourth-order valence-corrected chi connectivity index (χ4v) is 5.30. The molecule has 4 rings (SSSR count). The highest BCUT2D eigenvalue weighted by Crippen LogP contribution is 2.41. The fourth-order valence-electron chi connectivity index (χ4n) is 3.51. The normalized spacial score (nSPS) is 12.7. The summed E-state index contributed by atoms with van der Waals surface area (Å²) >= 11 is 10.9. The minimum absolute atomic E-state index is 0.307. The number of benzene rings is 2. The smallest absolute Gasteiger partial charge is 0.343 e. The Kier molecular flexibility index (Phi) is 7.08. The summed E-state index contributed by atoms with van der Waals surface area (Å²) in [5, 5.41) is 1.06. The van der Waals surface area contributed by atoms with Gasteiger partial charge in [-0.25, -0.2) is 14.6 Å². The molecule has 0 atom stereocenters. The highest BCUT2D eigenvalue weighted by Gasteiger charge is 2.27. The number of esters is 2. The van der Waals surface area contributed by atoms with Crippen LogP contribution in [0, 0.1) is 0 Å². The number of halogens is 2. The molecular formula is C24H19BrClNO4S. The summed E-state index contributed by atoms with van der Waals surface area (Å²) in [6.07, 6.45) is 4.44. The Morgan fingerprint density at radius 2 is 2.03 bits per heavy atom. The zero-order valence-corrected chi connectivity index (χ0v) is 20.4. The van der Waals surface area contributed by atoms with Gasteiger partial charge in [-0.15, -0.1) is 11.3 Å². The lowest BCUT2D eigenvalue weighted by molar-refractivity contribution is 0.0526. The van der Waals surface area contributed by atoms with Crippen LogP contribution >= 0.6 is 38.9 Å². The number of ether oxygens (including phenoxy) is 2. The Hall–Kier alpha value is -2.48. The van der Waals surface area contributed by atoms with Crippen molar-refractivity contribution in [2.24, 2.45) is 4.99 Å². The molecule has 1 aromatic heterocycles. The summed E-state index contributed by atoms with van der Waals surface area (Å²) < 4.78 is 11.7. The molecule has 1 aliphatic rings. The Bertz CT molecular complexity index is 1220. The molecule has 164 valence electrons. The zero-order valence-electron chi connectivity index (χ0n) is 17.2. The van der Waals surface area contributed by atoms with Crippen LogP contribution in [0.25, 0.3) is 0 Å². The average Bonchev–Trinajstić information content (AvgIpc) is 3.34. The maximum absolute atomic E-state index is 12.6. The molecule has 5 nitrogen and oxygen atoms in total. The van der Waals surface area contributed by atoms with E-state index in [-0.39, 0.29) is 5.97 Å². The predicted molar refractivity (Wildman–Crippen MR) is 130 cm³/mol. The van der Waals surface area contributed by atoms with E-state index in [1.54, 1.807) is 55.6 Å². The van der Waals surface area contributed by atoms with Gasteiger partial charge in [0, 0.05) is 26.2 Å². The molecule has 0 aliphatic heterocycles. The number of rotatable bonds is 6. The third kappa shape index (κ3) is 4.95. The first kappa shape index (κ1) is 22.7. The highest BCUT2D eigenvalue weighted by molar-refractivity contribution is 9.10. The summed E-state index contributed by atoms with van der Waals surface area (Å²) in [5.41, 5.74) is 2.54. The lowest BCUT2D eigenvalue weighted by Gasteiger charge is -2.08. The number of fused-ring (bicyclic) bond motifs is 1. The predicted octanol–water partition coefficient (Wildman–Crippen LogP) is 6.80. The first-order chi connectivity index (χ1) is 15.5. The molecule has 32 heavy (non-hydrogen) atoms. The molecule has 0 unspecified atom stereocenters. The second-order valence-corrected chi connectivity index (χ2v) is 9.53. The molecule has 0 saturated carbocycles. The van der Waals surface area contributed by atoms with Gasteiger partial charge in [0.15, 0.2) is 0 Å². The maximum atomic E-state index is 12.6. The van der Waals surface area contributed by atoms with Gasteiger partial charge in [0.05, 0.1) is 17.7 Å². The van der Waals surface area contributed by atoms with Crippen molar-refractivity contribution in [1.82, 2.24) is 0 Å².